The predicted octanol–water partition coefficient (Wildman–Crippen LogP) is 5.72. The summed E-state index contributed by atoms with van der Waals surface area (Å²) >= 11 is 5.80. The van der Waals surface area contributed by atoms with Gasteiger partial charge in [0.1, 0.15) is 11.4 Å². The molecule has 0 bridgehead atoms. The van der Waals surface area contributed by atoms with Gasteiger partial charge < -0.3 is 24.8 Å². The van der Waals surface area contributed by atoms with Crippen LogP contribution in [0.15, 0.2) is 72.9 Å². The van der Waals surface area contributed by atoms with Crippen LogP contribution in [0.4, 0.5) is 11.4 Å². The molecule has 5 rings (SSSR count). The fourth-order valence-electron chi connectivity index (χ4n) is 5.58. The molecule has 1 aliphatic heterocycles. The number of nitro benzene ring substituents is 1. The average Bonchev–Trinajstić information content (AvgIpc) is 3.45. The van der Waals surface area contributed by atoms with Gasteiger partial charge in [-0.05, 0) is 86.6 Å². The van der Waals surface area contributed by atoms with Crippen LogP contribution in [0.5, 0.6) is 5.75 Å². The Bertz CT molecular complexity index is 1650. The molecule has 1 saturated heterocycles. The molecule has 0 radical (unpaired) electrons. The van der Waals surface area contributed by atoms with E-state index in [1.165, 1.54) is 13.2 Å². The van der Waals surface area contributed by atoms with Crippen LogP contribution in [0.2, 0.25) is 0 Å². The van der Waals surface area contributed by atoms with Crippen LogP contribution in [0.25, 0.3) is 5.69 Å². The number of benzene rings is 2. The molecule has 10 nitrogen and oxygen atoms in total. The lowest BCUT2D eigenvalue weighted by Gasteiger charge is -2.28. The van der Waals surface area contributed by atoms with Crippen LogP contribution in [0.3, 0.4) is 0 Å². The SMILES string of the molecule is COc1ccc(-n2c(C)cc([C@@H]3[C@@H](c4ccccn4)NC(=S)N3CCC(=O)Nc3cccc(C)c3)c2C)c([N+](=O)[O-])c1. The van der Waals surface area contributed by atoms with Crippen LogP contribution in [0.1, 0.15) is 46.7 Å². The number of thiocarbonyl (C=S) groups is 1. The third kappa shape index (κ3) is 5.68. The van der Waals surface area contributed by atoms with Crippen molar-refractivity contribution in [3.8, 4) is 11.4 Å². The third-order valence-electron chi connectivity index (χ3n) is 7.49. The Balaban J connectivity index is 1.52. The molecule has 2 aromatic carbocycles. The Labute approximate surface area is 249 Å². The number of nitro groups is 1. The number of methoxy groups -OCH3 is 1. The van der Waals surface area contributed by atoms with Crippen LogP contribution in [-0.4, -0.2) is 44.0 Å². The molecule has 2 atom stereocenters. The zero-order valence-electron chi connectivity index (χ0n) is 23.8. The van der Waals surface area contributed by atoms with Gasteiger partial charge in [0.05, 0.1) is 35.9 Å². The van der Waals surface area contributed by atoms with E-state index in [0.29, 0.717) is 23.1 Å². The summed E-state index contributed by atoms with van der Waals surface area (Å²) in [7, 11) is 1.48. The molecule has 0 aliphatic carbocycles. The maximum Gasteiger partial charge on any atom is 0.296 e. The Morgan fingerprint density at radius 3 is 2.62 bits per heavy atom. The molecule has 4 aromatic rings. The van der Waals surface area contributed by atoms with E-state index in [4.69, 9.17) is 17.0 Å². The molecular weight excluding hydrogens is 552 g/mol. The van der Waals surface area contributed by atoms with Crippen molar-refractivity contribution >= 4 is 34.6 Å². The van der Waals surface area contributed by atoms with Gasteiger partial charge in [-0.3, -0.25) is 19.9 Å². The van der Waals surface area contributed by atoms with Crippen molar-refractivity contribution in [3.05, 3.63) is 111 Å². The molecule has 11 heteroatoms. The van der Waals surface area contributed by atoms with Crippen molar-refractivity contribution in [2.24, 2.45) is 0 Å². The van der Waals surface area contributed by atoms with Gasteiger partial charge in [0, 0.05) is 36.2 Å². The number of carbonyl (C=O) groups excluding carboxylic acids is 1. The summed E-state index contributed by atoms with van der Waals surface area (Å²) in [6.07, 6.45) is 1.95. The summed E-state index contributed by atoms with van der Waals surface area (Å²) in [5.41, 5.74) is 5.57. The molecule has 0 unspecified atom stereocenters. The van der Waals surface area contributed by atoms with Crippen LogP contribution in [0, 0.1) is 30.9 Å². The monoisotopic (exact) mass is 584 g/mol. The molecule has 0 saturated carbocycles. The Kier molecular flexibility index (Phi) is 8.21. The lowest BCUT2D eigenvalue weighted by atomic mass is 9.96. The number of amides is 1. The first-order chi connectivity index (χ1) is 20.2. The average molecular weight is 585 g/mol. The topological polar surface area (TPSA) is 115 Å². The summed E-state index contributed by atoms with van der Waals surface area (Å²) in [4.78, 5) is 31.2. The van der Waals surface area contributed by atoms with Crippen molar-refractivity contribution in [1.29, 1.82) is 0 Å². The number of rotatable bonds is 9. The van der Waals surface area contributed by atoms with E-state index in [2.05, 4.69) is 15.6 Å². The number of ether oxygens (including phenoxy) is 1. The summed E-state index contributed by atoms with van der Waals surface area (Å²) in [6, 6.07) is 19.6. The van der Waals surface area contributed by atoms with E-state index in [-0.39, 0.29) is 30.1 Å². The Morgan fingerprint density at radius 1 is 1.12 bits per heavy atom. The first kappa shape index (κ1) is 28.7. The fraction of sp³-hybridized carbons (Fsp3) is 0.258. The second-order valence-corrected chi connectivity index (χ2v) is 10.6. The quantitative estimate of drug-likeness (QED) is 0.146. The third-order valence-corrected chi connectivity index (χ3v) is 7.84. The number of hydrogen-bond acceptors (Lipinski definition) is 6. The maximum atomic E-state index is 13.0. The number of hydrogen-bond donors (Lipinski definition) is 2. The van der Waals surface area contributed by atoms with E-state index < -0.39 is 4.92 Å². The van der Waals surface area contributed by atoms with Gasteiger partial charge in [-0.15, -0.1) is 0 Å². The molecular formula is C31H32N6O4S. The van der Waals surface area contributed by atoms with Gasteiger partial charge in [-0.2, -0.15) is 0 Å². The Hall–Kier alpha value is -4.77. The standard InChI is InChI=1S/C31H32N6O4S/c1-19-8-7-9-22(16-19)33-28(38)13-15-35-30(29(34-31(35)42)25-10-5-6-14-32-25)24-17-20(2)36(21(24)3)26-12-11-23(41-4)18-27(26)37(39)40/h5-12,14,16-18,29-30H,13,15H2,1-4H3,(H,33,38)(H,34,42)/t29-,30-/m1/s1. The van der Waals surface area contributed by atoms with Gasteiger partial charge in [0.15, 0.2) is 5.11 Å². The minimum atomic E-state index is -0.404. The second kappa shape index (κ2) is 12.0. The first-order valence-corrected chi connectivity index (χ1v) is 13.9. The lowest BCUT2D eigenvalue weighted by Crippen LogP contribution is -2.32. The fourth-order valence-corrected chi connectivity index (χ4v) is 5.91. The molecule has 1 aliphatic rings. The van der Waals surface area contributed by atoms with Gasteiger partial charge in [-0.25, -0.2) is 0 Å². The number of nitrogens with zero attached hydrogens (tertiary/aromatic N) is 4. The number of nitrogens with one attached hydrogen (secondary N) is 2. The number of anilines is 1. The maximum absolute atomic E-state index is 13.0. The number of carbonyl (C=O) groups is 1. The van der Waals surface area contributed by atoms with Gasteiger partial charge in [0.2, 0.25) is 5.91 Å². The molecule has 2 N–H and O–H groups in total. The van der Waals surface area contributed by atoms with Crippen molar-refractivity contribution in [2.75, 3.05) is 19.0 Å². The highest BCUT2D eigenvalue weighted by molar-refractivity contribution is 7.80. The molecule has 1 amide bonds. The highest BCUT2D eigenvalue weighted by Gasteiger charge is 2.41. The molecule has 1 fully saturated rings. The van der Waals surface area contributed by atoms with E-state index in [9.17, 15) is 14.9 Å². The second-order valence-electron chi connectivity index (χ2n) is 10.3. The number of aryl methyl sites for hydroxylation is 2. The zero-order valence-corrected chi connectivity index (χ0v) is 24.6. The normalized spacial score (nSPS) is 16.3. The molecule has 0 spiro atoms. The Morgan fingerprint density at radius 2 is 1.93 bits per heavy atom. The summed E-state index contributed by atoms with van der Waals surface area (Å²) in [5, 5.41) is 18.9. The van der Waals surface area contributed by atoms with E-state index in [1.807, 2.05) is 78.8 Å². The van der Waals surface area contributed by atoms with Crippen molar-refractivity contribution in [1.82, 2.24) is 19.8 Å². The van der Waals surface area contributed by atoms with E-state index in [1.54, 1.807) is 18.3 Å². The van der Waals surface area contributed by atoms with Gasteiger partial charge in [-0.1, -0.05) is 18.2 Å². The van der Waals surface area contributed by atoms with Crippen LogP contribution in [-0.2, 0) is 4.79 Å². The molecule has 216 valence electrons. The molecule has 3 heterocycles. The molecule has 42 heavy (non-hydrogen) atoms. The van der Waals surface area contributed by atoms with Crippen molar-refractivity contribution in [3.63, 3.8) is 0 Å². The van der Waals surface area contributed by atoms with E-state index in [0.717, 1.165) is 33.9 Å². The summed E-state index contributed by atoms with van der Waals surface area (Å²) in [6.45, 7) is 6.20. The number of aromatic nitrogens is 2. The summed E-state index contributed by atoms with van der Waals surface area (Å²) < 4.78 is 7.12. The number of pyridine rings is 1. The molecule has 2 aromatic heterocycles. The van der Waals surface area contributed by atoms with Crippen LogP contribution >= 0.6 is 12.2 Å². The lowest BCUT2D eigenvalue weighted by molar-refractivity contribution is -0.384. The highest BCUT2D eigenvalue weighted by atomic mass is 32.1. The van der Waals surface area contributed by atoms with E-state index >= 15 is 0 Å². The minimum absolute atomic E-state index is 0.0614. The highest BCUT2D eigenvalue weighted by Crippen LogP contribution is 2.42. The van der Waals surface area contributed by atoms with Crippen molar-refractivity contribution in [2.45, 2.75) is 39.3 Å². The first-order valence-electron chi connectivity index (χ1n) is 13.5. The smallest absolute Gasteiger partial charge is 0.296 e. The van der Waals surface area contributed by atoms with Crippen LogP contribution < -0.4 is 15.4 Å². The van der Waals surface area contributed by atoms with Gasteiger partial charge >= 0.3 is 0 Å². The van der Waals surface area contributed by atoms with Gasteiger partial charge in [0.25, 0.3) is 5.69 Å². The predicted molar refractivity (Wildman–Crippen MR) is 165 cm³/mol. The zero-order chi connectivity index (χ0) is 30.0. The summed E-state index contributed by atoms with van der Waals surface area (Å²) in [5.74, 6) is 0.284. The van der Waals surface area contributed by atoms with Crippen molar-refractivity contribution < 1.29 is 14.5 Å². The minimum Gasteiger partial charge on any atom is -0.496 e. The largest absolute Gasteiger partial charge is 0.496 e.